The van der Waals surface area contributed by atoms with Crippen LogP contribution in [0.4, 0.5) is 4.79 Å². The third kappa shape index (κ3) is 2.13. The van der Waals surface area contributed by atoms with Crippen molar-refractivity contribution < 1.29 is 23.9 Å². The van der Waals surface area contributed by atoms with Crippen LogP contribution in [-0.2, 0) is 19.1 Å². The molecule has 0 aromatic heterocycles. The Labute approximate surface area is 162 Å². The third-order valence-electron chi connectivity index (χ3n) is 6.31. The number of carbonyl (C=O) groups excluding carboxylic acids is 3. The first-order valence-corrected chi connectivity index (χ1v) is 8.99. The minimum atomic E-state index is -0.966. The van der Waals surface area contributed by atoms with Crippen LogP contribution in [0.15, 0.2) is 22.5 Å². The Bertz CT molecular complexity index is 900. The highest BCUT2D eigenvalue weighted by Gasteiger charge is 2.75. The number of primary amides is 1. The van der Waals surface area contributed by atoms with Crippen molar-refractivity contribution in [2.45, 2.75) is 24.7 Å². The highest BCUT2D eigenvalue weighted by Crippen LogP contribution is 2.59. The van der Waals surface area contributed by atoms with Gasteiger partial charge in [0.2, 0.25) is 11.6 Å². The normalized spacial score (nSPS) is 35.4. The number of terminal acetylenes is 1. The number of Topliss-reactive ketones (excluding diaryl/α,β-unsaturated/α-hetero) is 2. The highest BCUT2D eigenvalue weighted by molar-refractivity contribution is 6.25. The molecule has 3 heterocycles. The lowest BCUT2D eigenvalue weighted by Gasteiger charge is -2.40. The summed E-state index contributed by atoms with van der Waals surface area (Å²) < 4.78 is 11.1. The van der Waals surface area contributed by atoms with Gasteiger partial charge in [0.25, 0.3) is 0 Å². The number of likely N-dealkylation sites (N-methyl/N-ethyl adjacent to an activating group) is 1. The van der Waals surface area contributed by atoms with Gasteiger partial charge in [0.15, 0.2) is 5.72 Å². The van der Waals surface area contributed by atoms with Gasteiger partial charge >= 0.3 is 6.09 Å². The fourth-order valence-electron chi connectivity index (χ4n) is 5.07. The second-order valence-electron chi connectivity index (χ2n) is 7.41. The van der Waals surface area contributed by atoms with Crippen molar-refractivity contribution in [3.63, 3.8) is 0 Å². The maximum atomic E-state index is 13.3. The van der Waals surface area contributed by atoms with Crippen LogP contribution in [0.5, 0.6) is 0 Å². The molecule has 0 radical (unpaired) electrons. The molecule has 28 heavy (non-hydrogen) atoms. The fraction of sp³-hybridized carbons (Fsp3) is 0.526. The number of nitrogens with one attached hydrogen (secondary N) is 1. The molecule has 2 fully saturated rings. The number of hydrogen-bond donors (Lipinski definition) is 2. The molecule has 0 aromatic carbocycles. The van der Waals surface area contributed by atoms with E-state index in [2.05, 4.69) is 16.1 Å². The largest absolute Gasteiger partial charge is 0.449 e. The van der Waals surface area contributed by atoms with Crippen molar-refractivity contribution in [1.82, 2.24) is 15.1 Å². The van der Waals surface area contributed by atoms with Crippen LogP contribution >= 0.6 is 0 Å². The summed E-state index contributed by atoms with van der Waals surface area (Å²) in [6, 6.07) is 0.186. The Morgan fingerprint density at radius 1 is 1.43 bits per heavy atom. The highest BCUT2D eigenvalue weighted by atomic mass is 16.6. The van der Waals surface area contributed by atoms with Gasteiger partial charge in [-0.3, -0.25) is 14.5 Å². The zero-order valence-corrected chi connectivity index (χ0v) is 15.9. The van der Waals surface area contributed by atoms with E-state index in [9.17, 15) is 14.4 Å². The number of rotatable bonds is 5. The Morgan fingerprint density at radius 3 is 2.75 bits per heavy atom. The Morgan fingerprint density at radius 2 is 2.14 bits per heavy atom. The van der Waals surface area contributed by atoms with E-state index in [0.29, 0.717) is 17.8 Å². The second-order valence-corrected chi connectivity index (χ2v) is 7.41. The van der Waals surface area contributed by atoms with Crippen molar-refractivity contribution in [2.24, 2.45) is 11.7 Å². The number of allylic oxidation sites excluding steroid dienone is 2. The number of nitrogens with zero attached hydrogens (tertiary/aromatic N) is 2. The molecule has 4 aliphatic rings. The number of piperazine rings is 1. The van der Waals surface area contributed by atoms with Gasteiger partial charge in [0.1, 0.15) is 6.61 Å². The zero-order chi connectivity index (χ0) is 20.4. The number of hydrogen-bond acceptors (Lipinski definition) is 8. The van der Waals surface area contributed by atoms with E-state index in [-0.39, 0.29) is 48.1 Å². The molecule has 4 rings (SSSR count). The van der Waals surface area contributed by atoms with Crippen LogP contribution < -0.4 is 11.1 Å². The second kappa shape index (κ2) is 6.09. The number of methoxy groups -OCH3 is 1. The summed E-state index contributed by atoms with van der Waals surface area (Å²) in [5.74, 6) is 1.18. The summed E-state index contributed by atoms with van der Waals surface area (Å²) in [4.78, 5) is 41.8. The van der Waals surface area contributed by atoms with Crippen LogP contribution in [-0.4, -0.2) is 79.1 Å². The summed E-state index contributed by atoms with van der Waals surface area (Å²) in [5.41, 5.74) is 5.32. The van der Waals surface area contributed by atoms with Crippen molar-refractivity contribution in [1.29, 1.82) is 0 Å². The molecular weight excluding hydrogens is 364 g/mol. The molecule has 0 spiro atoms. The molecular formula is C19H22N4O5. The average Bonchev–Trinajstić information content (AvgIpc) is 3.04. The first kappa shape index (κ1) is 18.5. The molecule has 9 heteroatoms. The lowest BCUT2D eigenvalue weighted by Crippen LogP contribution is -2.55. The first-order chi connectivity index (χ1) is 13.3. The molecule has 1 amide bonds. The smallest absolute Gasteiger partial charge is 0.404 e. The van der Waals surface area contributed by atoms with Gasteiger partial charge in [0.05, 0.1) is 29.9 Å². The predicted octanol–water partition coefficient (Wildman–Crippen LogP) is -1.04. The van der Waals surface area contributed by atoms with E-state index in [0.717, 1.165) is 0 Å². The number of fused-ring (bicyclic) bond motifs is 4. The monoisotopic (exact) mass is 386 g/mol. The molecule has 2 saturated heterocycles. The summed E-state index contributed by atoms with van der Waals surface area (Å²) in [6.45, 7) is 2.12. The molecule has 0 bridgehead atoms. The molecule has 3 aliphatic heterocycles. The van der Waals surface area contributed by atoms with E-state index in [1.807, 2.05) is 11.9 Å². The van der Waals surface area contributed by atoms with Crippen molar-refractivity contribution in [3.05, 3.63) is 22.5 Å². The Balaban J connectivity index is 1.81. The van der Waals surface area contributed by atoms with Crippen LogP contribution in [0.3, 0.4) is 0 Å². The molecule has 1 aliphatic carbocycles. The number of nitrogens with two attached hydrogens (primary N) is 1. The van der Waals surface area contributed by atoms with Gasteiger partial charge < -0.3 is 25.4 Å². The summed E-state index contributed by atoms with van der Waals surface area (Å²) in [5, 5.41) is 2.86. The number of ketones is 2. The maximum absolute atomic E-state index is 13.3. The maximum Gasteiger partial charge on any atom is 0.404 e. The zero-order valence-electron chi connectivity index (χ0n) is 15.9. The molecule has 3 N–H and O–H groups in total. The lowest BCUT2D eigenvalue weighted by molar-refractivity contribution is -0.144. The van der Waals surface area contributed by atoms with E-state index < -0.39 is 17.7 Å². The van der Waals surface area contributed by atoms with Gasteiger partial charge in [-0.15, -0.1) is 6.42 Å². The van der Waals surface area contributed by atoms with Gasteiger partial charge in [-0.25, -0.2) is 4.79 Å². The first-order valence-electron chi connectivity index (χ1n) is 8.99. The number of ether oxygens (including phenoxy) is 2. The van der Waals surface area contributed by atoms with Gasteiger partial charge in [-0.05, 0) is 14.0 Å². The van der Waals surface area contributed by atoms with Gasteiger partial charge in [-0.1, -0.05) is 5.92 Å². The molecule has 0 saturated carbocycles. The molecule has 148 valence electrons. The van der Waals surface area contributed by atoms with E-state index in [1.54, 1.807) is 14.0 Å². The summed E-state index contributed by atoms with van der Waals surface area (Å²) in [6.07, 6.45) is 4.35. The molecule has 9 nitrogen and oxygen atoms in total. The van der Waals surface area contributed by atoms with Crippen molar-refractivity contribution in [3.8, 4) is 12.3 Å². The van der Waals surface area contributed by atoms with E-state index in [4.69, 9.17) is 21.6 Å². The number of carbonyl (C=O) groups is 3. The topological polar surface area (TPSA) is 114 Å². The Hall–Kier alpha value is -2.83. The summed E-state index contributed by atoms with van der Waals surface area (Å²) in [7, 11) is 3.51. The SMILES string of the molecule is C#CCNC1=C(C)C(=O)C2=C(C1=O)[C@@H](COC(N)=O)[C@@]1(OC)[C@@H]3[C@H](CN21)N3C. The minimum absolute atomic E-state index is 0.0207. The molecule has 5 atom stereocenters. The lowest BCUT2D eigenvalue weighted by atomic mass is 9.82. The molecule has 0 aromatic rings. The van der Waals surface area contributed by atoms with Crippen LogP contribution in [0, 0.1) is 18.3 Å². The van der Waals surface area contributed by atoms with Gasteiger partial charge in [0, 0.05) is 30.8 Å². The van der Waals surface area contributed by atoms with Gasteiger partial charge in [-0.2, -0.15) is 0 Å². The quantitative estimate of drug-likeness (QED) is 0.350. The fourth-order valence-corrected chi connectivity index (χ4v) is 5.07. The number of amides is 1. The average molecular weight is 386 g/mol. The Kier molecular flexibility index (Phi) is 4.03. The third-order valence-corrected chi connectivity index (χ3v) is 6.31. The molecule has 1 unspecified atom stereocenters. The van der Waals surface area contributed by atoms with Crippen LogP contribution in [0.2, 0.25) is 0 Å². The van der Waals surface area contributed by atoms with Crippen LogP contribution in [0.1, 0.15) is 6.92 Å². The summed E-state index contributed by atoms with van der Waals surface area (Å²) >= 11 is 0. The standard InChI is InChI=1S/C19H22N4O5/c1-5-6-21-13-9(2)15(24)14-12(16(13)25)10(8-28-18(20)26)19(27-4)17-11(22(17)3)7-23(14)19/h1,10-11,17,21H,6-8H2,2-4H3,(H2,20,26)/t10-,11+,17+,19-,22?/m1/s1. The van der Waals surface area contributed by atoms with E-state index >= 15 is 0 Å². The van der Waals surface area contributed by atoms with E-state index in [1.165, 1.54) is 0 Å². The predicted molar refractivity (Wildman–Crippen MR) is 97.4 cm³/mol. The van der Waals surface area contributed by atoms with Crippen molar-refractivity contribution >= 4 is 17.7 Å². The minimum Gasteiger partial charge on any atom is -0.449 e. The van der Waals surface area contributed by atoms with Crippen LogP contribution in [0.25, 0.3) is 0 Å². The van der Waals surface area contributed by atoms with Crippen molar-refractivity contribution in [2.75, 3.05) is 33.9 Å².